The fraction of sp³-hybridized carbons (Fsp3) is 0.600. The fourth-order valence-corrected chi connectivity index (χ4v) is 2.39. The van der Waals surface area contributed by atoms with Gasteiger partial charge in [0.25, 0.3) is 0 Å². The monoisotopic (exact) mass is 223 g/mol. The summed E-state index contributed by atoms with van der Waals surface area (Å²) in [5.74, 6) is 0. The molecule has 1 saturated heterocycles. The van der Waals surface area contributed by atoms with Crippen LogP contribution in [-0.2, 0) is 4.74 Å². The lowest BCUT2D eigenvalue weighted by Gasteiger charge is -2.09. The van der Waals surface area contributed by atoms with Crippen molar-refractivity contribution < 1.29 is 4.74 Å². The first kappa shape index (κ1) is 10.4. The molecular weight excluding hydrogens is 210 g/mol. The van der Waals surface area contributed by atoms with Crippen molar-refractivity contribution in [3.8, 4) is 6.07 Å². The van der Waals surface area contributed by atoms with E-state index in [4.69, 9.17) is 10.00 Å². The van der Waals surface area contributed by atoms with Crippen LogP contribution >= 0.6 is 11.5 Å². The molecule has 1 aromatic heterocycles. The normalized spacial score (nSPS) is 20.1. The summed E-state index contributed by atoms with van der Waals surface area (Å²) in [6, 6.07) is 2.16. The van der Waals surface area contributed by atoms with Gasteiger partial charge in [-0.15, -0.1) is 0 Å². The van der Waals surface area contributed by atoms with E-state index in [0.29, 0.717) is 11.7 Å². The van der Waals surface area contributed by atoms with Crippen molar-refractivity contribution in [1.29, 1.82) is 5.26 Å². The quantitative estimate of drug-likeness (QED) is 0.850. The van der Waals surface area contributed by atoms with Crippen molar-refractivity contribution in [1.82, 2.24) is 4.37 Å². The summed E-state index contributed by atoms with van der Waals surface area (Å²) in [6.07, 6.45) is 2.53. The number of nitrogens with zero attached hydrogens (tertiary/aromatic N) is 2. The van der Waals surface area contributed by atoms with E-state index in [0.717, 1.165) is 36.7 Å². The maximum Gasteiger partial charge on any atom is 0.127 e. The zero-order valence-electron chi connectivity index (χ0n) is 8.62. The first-order chi connectivity index (χ1) is 7.31. The van der Waals surface area contributed by atoms with Crippen LogP contribution in [0.3, 0.4) is 0 Å². The third-order valence-corrected chi connectivity index (χ3v) is 3.38. The van der Waals surface area contributed by atoms with E-state index < -0.39 is 0 Å². The number of hydrogen-bond donors (Lipinski definition) is 1. The second-order valence-corrected chi connectivity index (χ2v) is 4.37. The Hall–Kier alpha value is -1.12. The van der Waals surface area contributed by atoms with E-state index in [-0.39, 0.29) is 0 Å². The lowest BCUT2D eigenvalue weighted by Crippen LogP contribution is -2.18. The summed E-state index contributed by atoms with van der Waals surface area (Å²) in [7, 11) is 0. The summed E-state index contributed by atoms with van der Waals surface area (Å²) in [5, 5.41) is 13.0. The highest BCUT2D eigenvalue weighted by atomic mass is 32.1. The zero-order valence-corrected chi connectivity index (χ0v) is 9.43. The van der Waals surface area contributed by atoms with Crippen LogP contribution in [0.4, 0.5) is 5.00 Å². The molecule has 80 valence electrons. The van der Waals surface area contributed by atoms with Crippen LogP contribution < -0.4 is 5.32 Å². The number of rotatable bonds is 3. The third kappa shape index (κ3) is 2.28. The molecule has 0 spiro atoms. The fourth-order valence-electron chi connectivity index (χ4n) is 1.63. The standard InChI is InChI=1S/C10H13N3OS/c1-7-9(5-11)10(15-13-7)12-6-8-3-2-4-14-8/h8,12H,2-4,6H2,1H3. The van der Waals surface area contributed by atoms with Crippen LogP contribution in [0.1, 0.15) is 24.1 Å². The first-order valence-electron chi connectivity index (χ1n) is 5.03. The van der Waals surface area contributed by atoms with Crippen molar-refractivity contribution in [3.63, 3.8) is 0 Å². The third-order valence-electron chi connectivity index (χ3n) is 2.49. The molecule has 0 saturated carbocycles. The number of anilines is 1. The van der Waals surface area contributed by atoms with Gasteiger partial charge in [0.2, 0.25) is 0 Å². The van der Waals surface area contributed by atoms with Crippen molar-refractivity contribution in [2.75, 3.05) is 18.5 Å². The lowest BCUT2D eigenvalue weighted by molar-refractivity contribution is 0.120. The molecule has 1 fully saturated rings. The highest BCUT2D eigenvalue weighted by Gasteiger charge is 2.16. The molecule has 0 aromatic carbocycles. The summed E-state index contributed by atoms with van der Waals surface area (Å²) in [6.45, 7) is 3.49. The van der Waals surface area contributed by atoms with Crippen LogP contribution in [0.2, 0.25) is 0 Å². The lowest BCUT2D eigenvalue weighted by atomic mass is 10.2. The SMILES string of the molecule is Cc1nsc(NCC2CCCO2)c1C#N. The number of nitriles is 1. The van der Waals surface area contributed by atoms with Crippen LogP contribution in [0.5, 0.6) is 0 Å². The van der Waals surface area contributed by atoms with Gasteiger partial charge in [-0.3, -0.25) is 0 Å². The minimum Gasteiger partial charge on any atom is -0.376 e. The molecule has 2 heterocycles. The molecule has 1 N–H and O–H groups in total. The summed E-state index contributed by atoms with van der Waals surface area (Å²) >= 11 is 1.34. The summed E-state index contributed by atoms with van der Waals surface area (Å²) in [5.41, 5.74) is 1.47. The predicted octanol–water partition coefficient (Wildman–Crippen LogP) is 1.91. The topological polar surface area (TPSA) is 57.9 Å². The van der Waals surface area contributed by atoms with E-state index in [1.54, 1.807) is 0 Å². The van der Waals surface area contributed by atoms with E-state index in [1.165, 1.54) is 11.5 Å². The molecule has 5 heteroatoms. The molecule has 1 aromatic rings. The van der Waals surface area contributed by atoms with Crippen molar-refractivity contribution in [2.24, 2.45) is 0 Å². The van der Waals surface area contributed by atoms with Gasteiger partial charge in [-0.25, -0.2) is 0 Å². The van der Waals surface area contributed by atoms with Crippen molar-refractivity contribution in [2.45, 2.75) is 25.9 Å². The summed E-state index contributed by atoms with van der Waals surface area (Å²) < 4.78 is 9.64. The number of hydrogen-bond acceptors (Lipinski definition) is 5. The zero-order chi connectivity index (χ0) is 10.7. The van der Waals surface area contributed by atoms with Gasteiger partial charge in [-0.2, -0.15) is 9.64 Å². The molecule has 1 unspecified atom stereocenters. The van der Waals surface area contributed by atoms with Gasteiger partial charge in [-0.05, 0) is 31.3 Å². The van der Waals surface area contributed by atoms with Crippen LogP contribution in [0.25, 0.3) is 0 Å². The van der Waals surface area contributed by atoms with E-state index in [9.17, 15) is 0 Å². The second-order valence-electron chi connectivity index (χ2n) is 3.60. The minimum atomic E-state index is 0.291. The molecule has 0 bridgehead atoms. The van der Waals surface area contributed by atoms with Gasteiger partial charge < -0.3 is 10.1 Å². The smallest absolute Gasteiger partial charge is 0.127 e. The molecule has 1 aliphatic heterocycles. The predicted molar refractivity (Wildman–Crippen MR) is 59.0 cm³/mol. The maximum atomic E-state index is 8.93. The average molecular weight is 223 g/mol. The van der Waals surface area contributed by atoms with Crippen LogP contribution in [0, 0.1) is 18.3 Å². The Kier molecular flexibility index (Phi) is 3.19. The first-order valence-corrected chi connectivity index (χ1v) is 5.80. The molecule has 0 amide bonds. The average Bonchev–Trinajstić information content (AvgIpc) is 2.84. The van der Waals surface area contributed by atoms with Gasteiger partial charge in [0.1, 0.15) is 16.6 Å². The van der Waals surface area contributed by atoms with Gasteiger partial charge >= 0.3 is 0 Å². The molecule has 2 rings (SSSR count). The highest BCUT2D eigenvalue weighted by Crippen LogP contribution is 2.24. The van der Waals surface area contributed by atoms with Crippen LogP contribution in [0.15, 0.2) is 0 Å². The molecule has 0 aliphatic carbocycles. The Morgan fingerprint density at radius 3 is 3.27 bits per heavy atom. The molecule has 1 aliphatic rings. The number of aryl methyl sites for hydroxylation is 1. The van der Waals surface area contributed by atoms with Crippen molar-refractivity contribution >= 4 is 16.5 Å². The largest absolute Gasteiger partial charge is 0.376 e. The van der Waals surface area contributed by atoms with E-state index in [2.05, 4.69) is 15.8 Å². The second kappa shape index (κ2) is 4.60. The number of ether oxygens (including phenoxy) is 1. The molecule has 15 heavy (non-hydrogen) atoms. The Morgan fingerprint density at radius 1 is 1.73 bits per heavy atom. The maximum absolute atomic E-state index is 8.93. The number of nitrogens with one attached hydrogen (secondary N) is 1. The minimum absolute atomic E-state index is 0.291. The molecule has 4 nitrogen and oxygen atoms in total. The molecule has 0 radical (unpaired) electrons. The number of aromatic nitrogens is 1. The van der Waals surface area contributed by atoms with E-state index in [1.807, 2.05) is 6.92 Å². The highest BCUT2D eigenvalue weighted by molar-refractivity contribution is 7.10. The van der Waals surface area contributed by atoms with E-state index >= 15 is 0 Å². The Morgan fingerprint density at radius 2 is 2.60 bits per heavy atom. The Bertz CT molecular complexity index is 377. The summed E-state index contributed by atoms with van der Waals surface area (Å²) in [4.78, 5) is 0. The van der Waals surface area contributed by atoms with Gasteiger partial charge in [0.15, 0.2) is 0 Å². The van der Waals surface area contributed by atoms with Gasteiger partial charge in [0, 0.05) is 13.2 Å². The van der Waals surface area contributed by atoms with Crippen LogP contribution in [-0.4, -0.2) is 23.6 Å². The molecule has 1 atom stereocenters. The van der Waals surface area contributed by atoms with Crippen molar-refractivity contribution in [3.05, 3.63) is 11.3 Å². The Balaban J connectivity index is 1.95. The van der Waals surface area contributed by atoms with Gasteiger partial charge in [0.05, 0.1) is 11.8 Å². The molecular formula is C10H13N3OS. The van der Waals surface area contributed by atoms with Gasteiger partial charge in [-0.1, -0.05) is 0 Å². The Labute approximate surface area is 93.0 Å².